The van der Waals surface area contributed by atoms with E-state index in [1.165, 1.54) is 5.56 Å². The van der Waals surface area contributed by atoms with E-state index >= 15 is 0 Å². The van der Waals surface area contributed by atoms with Crippen LogP contribution in [-0.4, -0.2) is 36.2 Å². The third-order valence-corrected chi connectivity index (χ3v) is 4.19. The second-order valence-electron chi connectivity index (χ2n) is 6.21. The van der Waals surface area contributed by atoms with Crippen LogP contribution in [0.2, 0.25) is 0 Å². The topological polar surface area (TPSA) is 85.4 Å². The van der Waals surface area contributed by atoms with Crippen LogP contribution in [0.25, 0.3) is 0 Å². The van der Waals surface area contributed by atoms with Crippen LogP contribution in [0, 0.1) is 0 Å². The highest BCUT2D eigenvalue weighted by molar-refractivity contribution is 5.89. The molecule has 0 saturated carbocycles. The van der Waals surface area contributed by atoms with Gasteiger partial charge in [0.05, 0.1) is 19.3 Å². The lowest BCUT2D eigenvalue weighted by atomic mass is 10.1. The Hall–Kier alpha value is -3.61. The first-order valence-corrected chi connectivity index (χ1v) is 9.42. The summed E-state index contributed by atoms with van der Waals surface area (Å²) < 4.78 is 10.2. The van der Waals surface area contributed by atoms with Crippen molar-refractivity contribution in [2.45, 2.75) is 13.3 Å². The molecular weight excluding hydrogens is 368 g/mol. The summed E-state index contributed by atoms with van der Waals surface area (Å²) in [5.41, 5.74) is 2.51. The summed E-state index contributed by atoms with van der Waals surface area (Å²) in [5, 5.41) is 6.44. The molecule has 1 heterocycles. The first-order chi connectivity index (χ1) is 14.2. The molecule has 0 atom stereocenters. The number of nitrogens with one attached hydrogen (secondary N) is 2. The van der Waals surface area contributed by atoms with Crippen molar-refractivity contribution in [2.75, 3.05) is 30.9 Å². The number of nitrogens with zero attached hydrogens (tertiary/aromatic N) is 2. The number of esters is 1. The number of hydrogen-bond donors (Lipinski definition) is 2. The Kier molecular flexibility index (Phi) is 7.00. The molecule has 3 rings (SSSR count). The van der Waals surface area contributed by atoms with Crippen molar-refractivity contribution in [1.82, 2.24) is 9.97 Å². The molecule has 0 fully saturated rings. The van der Waals surface area contributed by atoms with Crippen molar-refractivity contribution in [1.29, 1.82) is 0 Å². The van der Waals surface area contributed by atoms with E-state index in [0.717, 1.165) is 30.2 Å². The second kappa shape index (κ2) is 10.1. The number of rotatable bonds is 9. The third-order valence-electron chi connectivity index (χ3n) is 4.19. The highest BCUT2D eigenvalue weighted by Gasteiger charge is 2.06. The maximum atomic E-state index is 11.7. The Labute approximate surface area is 170 Å². The molecule has 0 aliphatic carbocycles. The van der Waals surface area contributed by atoms with E-state index in [9.17, 15) is 4.79 Å². The Morgan fingerprint density at radius 2 is 1.79 bits per heavy atom. The van der Waals surface area contributed by atoms with Crippen molar-refractivity contribution >= 4 is 23.4 Å². The van der Waals surface area contributed by atoms with Crippen LogP contribution >= 0.6 is 0 Å². The van der Waals surface area contributed by atoms with Gasteiger partial charge in [-0.3, -0.25) is 0 Å². The van der Waals surface area contributed by atoms with Crippen LogP contribution < -0.4 is 15.4 Å². The largest absolute Gasteiger partial charge is 0.497 e. The van der Waals surface area contributed by atoms with Gasteiger partial charge in [-0.05, 0) is 61.4 Å². The molecule has 0 radical (unpaired) electrons. The fourth-order valence-electron chi connectivity index (χ4n) is 2.68. The fourth-order valence-corrected chi connectivity index (χ4v) is 2.68. The number of hydrogen-bond acceptors (Lipinski definition) is 7. The van der Waals surface area contributed by atoms with E-state index in [1.54, 1.807) is 44.5 Å². The van der Waals surface area contributed by atoms with Crippen molar-refractivity contribution in [2.24, 2.45) is 0 Å². The summed E-state index contributed by atoms with van der Waals surface area (Å²) >= 11 is 0. The molecule has 3 aromatic rings. The standard InChI is InChI=1S/C22H24N4O3/c1-3-29-21(27)17-6-8-18(9-7-17)25-22-24-15-13-20(26-22)23-14-12-16-4-10-19(28-2)11-5-16/h4-11,13,15H,3,12,14H2,1-2H3,(H2,23,24,25,26). The number of carbonyl (C=O) groups is 1. The highest BCUT2D eigenvalue weighted by Crippen LogP contribution is 2.16. The van der Waals surface area contributed by atoms with E-state index < -0.39 is 0 Å². The fraction of sp³-hybridized carbons (Fsp3) is 0.227. The van der Waals surface area contributed by atoms with Crippen LogP contribution in [0.3, 0.4) is 0 Å². The highest BCUT2D eigenvalue weighted by atomic mass is 16.5. The molecule has 1 aromatic heterocycles. The number of carbonyl (C=O) groups excluding carboxylic acids is 1. The predicted octanol–water partition coefficient (Wildman–Crippen LogP) is 4.06. The van der Waals surface area contributed by atoms with Gasteiger partial charge in [-0.2, -0.15) is 4.98 Å². The normalized spacial score (nSPS) is 10.3. The lowest BCUT2D eigenvalue weighted by Crippen LogP contribution is -2.08. The van der Waals surface area contributed by atoms with Gasteiger partial charge in [0, 0.05) is 18.4 Å². The van der Waals surface area contributed by atoms with Gasteiger partial charge in [0.2, 0.25) is 5.95 Å². The first-order valence-electron chi connectivity index (χ1n) is 9.42. The summed E-state index contributed by atoms with van der Waals surface area (Å²) in [7, 11) is 1.66. The van der Waals surface area contributed by atoms with Crippen LogP contribution in [0.1, 0.15) is 22.8 Å². The molecule has 150 valence electrons. The summed E-state index contributed by atoms with van der Waals surface area (Å²) in [6.07, 6.45) is 2.56. The smallest absolute Gasteiger partial charge is 0.338 e. The van der Waals surface area contributed by atoms with Gasteiger partial charge in [0.1, 0.15) is 11.6 Å². The number of methoxy groups -OCH3 is 1. The number of aromatic nitrogens is 2. The molecule has 0 spiro atoms. The van der Waals surface area contributed by atoms with Gasteiger partial charge in [-0.1, -0.05) is 12.1 Å². The Morgan fingerprint density at radius 3 is 2.48 bits per heavy atom. The Balaban J connectivity index is 1.54. The molecule has 7 nitrogen and oxygen atoms in total. The van der Waals surface area contributed by atoms with Gasteiger partial charge in [0.15, 0.2) is 0 Å². The molecular formula is C22H24N4O3. The Morgan fingerprint density at radius 1 is 1.03 bits per heavy atom. The van der Waals surface area contributed by atoms with Crippen LogP contribution in [0.15, 0.2) is 60.8 Å². The second-order valence-corrected chi connectivity index (χ2v) is 6.21. The molecule has 0 saturated heterocycles. The number of benzene rings is 2. The minimum absolute atomic E-state index is 0.335. The van der Waals surface area contributed by atoms with Crippen molar-refractivity contribution in [3.63, 3.8) is 0 Å². The maximum absolute atomic E-state index is 11.7. The van der Waals surface area contributed by atoms with E-state index in [-0.39, 0.29) is 5.97 Å². The monoisotopic (exact) mass is 392 g/mol. The lowest BCUT2D eigenvalue weighted by molar-refractivity contribution is 0.0526. The summed E-state index contributed by atoms with van der Waals surface area (Å²) in [6.45, 7) is 2.88. The molecule has 7 heteroatoms. The maximum Gasteiger partial charge on any atom is 0.338 e. The molecule has 0 amide bonds. The van der Waals surface area contributed by atoms with Crippen LogP contribution in [0.5, 0.6) is 5.75 Å². The summed E-state index contributed by atoms with van der Waals surface area (Å²) in [4.78, 5) is 20.4. The quantitative estimate of drug-likeness (QED) is 0.531. The third kappa shape index (κ3) is 5.93. The van der Waals surface area contributed by atoms with E-state index in [4.69, 9.17) is 9.47 Å². The van der Waals surface area contributed by atoms with Crippen molar-refractivity contribution in [3.05, 3.63) is 71.9 Å². The average molecular weight is 392 g/mol. The van der Waals surface area contributed by atoms with E-state index in [0.29, 0.717) is 18.1 Å². The van der Waals surface area contributed by atoms with Crippen LogP contribution in [0.4, 0.5) is 17.5 Å². The van der Waals surface area contributed by atoms with Gasteiger partial charge in [0.25, 0.3) is 0 Å². The summed E-state index contributed by atoms with van der Waals surface area (Å²) in [5.74, 6) is 1.73. The minimum atomic E-state index is -0.335. The number of ether oxygens (including phenoxy) is 2. The van der Waals surface area contributed by atoms with E-state index in [2.05, 4.69) is 20.6 Å². The van der Waals surface area contributed by atoms with Gasteiger partial charge >= 0.3 is 5.97 Å². The SMILES string of the molecule is CCOC(=O)c1ccc(Nc2nccc(NCCc3ccc(OC)cc3)n2)cc1. The van der Waals surface area contributed by atoms with Crippen molar-refractivity contribution in [3.8, 4) is 5.75 Å². The van der Waals surface area contributed by atoms with E-state index in [1.807, 2.05) is 30.3 Å². The zero-order chi connectivity index (χ0) is 20.5. The molecule has 0 aliphatic heterocycles. The molecule has 2 N–H and O–H groups in total. The van der Waals surface area contributed by atoms with Crippen LogP contribution in [-0.2, 0) is 11.2 Å². The zero-order valence-electron chi connectivity index (χ0n) is 16.5. The molecule has 29 heavy (non-hydrogen) atoms. The predicted molar refractivity (Wildman–Crippen MR) is 113 cm³/mol. The molecule has 2 aromatic carbocycles. The molecule has 0 bridgehead atoms. The van der Waals surface area contributed by atoms with Gasteiger partial charge in [-0.15, -0.1) is 0 Å². The molecule has 0 aliphatic rings. The number of anilines is 3. The summed E-state index contributed by atoms with van der Waals surface area (Å²) in [6, 6.07) is 16.8. The van der Waals surface area contributed by atoms with Crippen molar-refractivity contribution < 1.29 is 14.3 Å². The minimum Gasteiger partial charge on any atom is -0.497 e. The molecule has 0 unspecified atom stereocenters. The average Bonchev–Trinajstić information content (AvgIpc) is 2.75. The van der Waals surface area contributed by atoms with Gasteiger partial charge < -0.3 is 20.1 Å². The Bertz CT molecular complexity index is 928. The first kappa shape index (κ1) is 20.1. The van der Waals surface area contributed by atoms with Gasteiger partial charge in [-0.25, -0.2) is 9.78 Å². The zero-order valence-corrected chi connectivity index (χ0v) is 16.5. The lowest BCUT2D eigenvalue weighted by Gasteiger charge is -2.09.